The second kappa shape index (κ2) is 7.11. The van der Waals surface area contributed by atoms with Crippen LogP contribution in [0, 0.1) is 0 Å². The minimum atomic E-state index is -0.438. The summed E-state index contributed by atoms with van der Waals surface area (Å²) in [6.45, 7) is 7.71. The molecule has 0 atom stereocenters. The normalized spacial score (nSPS) is 10.7. The van der Waals surface area contributed by atoms with Gasteiger partial charge in [0.05, 0.1) is 0 Å². The summed E-state index contributed by atoms with van der Waals surface area (Å²) in [5, 5.41) is 0.791. The molecule has 0 fully saturated rings. The molecule has 1 aromatic heterocycles. The first-order chi connectivity index (χ1) is 10.6. The van der Waals surface area contributed by atoms with Gasteiger partial charge in [-0.15, -0.1) is 0 Å². The molecular weight excluding hydrogens is 282 g/mol. The van der Waals surface area contributed by atoms with Gasteiger partial charge in [0.15, 0.2) is 0 Å². The summed E-state index contributed by atoms with van der Waals surface area (Å²) in [7, 11) is 0. The van der Waals surface area contributed by atoms with Gasteiger partial charge in [0, 0.05) is 48.3 Å². The molecular formula is C17H21NO4. The van der Waals surface area contributed by atoms with Gasteiger partial charge in [-0.2, -0.15) is 0 Å². The van der Waals surface area contributed by atoms with E-state index in [4.69, 9.17) is 9.15 Å². The van der Waals surface area contributed by atoms with Crippen molar-refractivity contribution in [3.63, 3.8) is 0 Å². The lowest BCUT2D eigenvalue weighted by Gasteiger charge is -2.21. The number of hydrogen-bond acceptors (Lipinski definition) is 5. The molecule has 5 heteroatoms. The van der Waals surface area contributed by atoms with Gasteiger partial charge >= 0.3 is 11.6 Å². The van der Waals surface area contributed by atoms with Crippen LogP contribution in [-0.4, -0.2) is 19.1 Å². The second-order valence-electron chi connectivity index (χ2n) is 4.96. The Balaban J connectivity index is 2.42. The minimum Gasteiger partial charge on any atom is -0.461 e. The highest BCUT2D eigenvalue weighted by molar-refractivity contribution is 5.83. The molecule has 118 valence electrons. The molecule has 0 N–H and O–H groups in total. The first-order valence-electron chi connectivity index (χ1n) is 7.56. The number of nitrogens with zero attached hydrogens (tertiary/aromatic N) is 1. The highest BCUT2D eigenvalue weighted by atomic mass is 16.5. The number of fused-ring (bicyclic) bond motifs is 1. The SMILES string of the molecule is CCC(=O)OCc1cc(=O)oc2cc(N(CC)CC)ccc12. The zero-order valence-electron chi connectivity index (χ0n) is 13.2. The molecule has 2 aromatic rings. The van der Waals surface area contributed by atoms with Gasteiger partial charge in [-0.25, -0.2) is 4.79 Å². The van der Waals surface area contributed by atoms with Crippen molar-refractivity contribution in [3.05, 3.63) is 40.2 Å². The molecule has 0 radical (unpaired) electrons. The first-order valence-corrected chi connectivity index (χ1v) is 7.56. The predicted molar refractivity (Wildman–Crippen MR) is 86.1 cm³/mol. The highest BCUT2D eigenvalue weighted by Gasteiger charge is 2.10. The van der Waals surface area contributed by atoms with E-state index < -0.39 is 5.63 Å². The number of benzene rings is 1. The Morgan fingerprint density at radius 1 is 1.18 bits per heavy atom. The van der Waals surface area contributed by atoms with Crippen molar-refractivity contribution in [2.24, 2.45) is 0 Å². The van der Waals surface area contributed by atoms with E-state index in [0.717, 1.165) is 24.2 Å². The molecule has 0 aliphatic rings. The van der Waals surface area contributed by atoms with Crippen LogP contribution >= 0.6 is 0 Å². The number of anilines is 1. The number of hydrogen-bond donors (Lipinski definition) is 0. The van der Waals surface area contributed by atoms with Crippen molar-refractivity contribution in [1.82, 2.24) is 0 Å². The molecule has 0 unspecified atom stereocenters. The molecule has 22 heavy (non-hydrogen) atoms. The fraction of sp³-hybridized carbons (Fsp3) is 0.412. The van der Waals surface area contributed by atoms with E-state index in [1.54, 1.807) is 6.92 Å². The maximum atomic E-state index is 11.7. The van der Waals surface area contributed by atoms with Gasteiger partial charge in [-0.3, -0.25) is 4.79 Å². The number of carbonyl (C=O) groups is 1. The van der Waals surface area contributed by atoms with Gasteiger partial charge in [0.25, 0.3) is 0 Å². The topological polar surface area (TPSA) is 59.8 Å². The second-order valence-corrected chi connectivity index (χ2v) is 4.96. The zero-order chi connectivity index (χ0) is 16.1. The van der Waals surface area contributed by atoms with Gasteiger partial charge in [0.1, 0.15) is 12.2 Å². The van der Waals surface area contributed by atoms with E-state index in [1.807, 2.05) is 18.2 Å². The fourth-order valence-corrected chi connectivity index (χ4v) is 2.38. The van der Waals surface area contributed by atoms with Crippen LogP contribution in [0.15, 0.2) is 33.5 Å². The monoisotopic (exact) mass is 303 g/mol. The summed E-state index contributed by atoms with van der Waals surface area (Å²) < 4.78 is 10.4. The average molecular weight is 303 g/mol. The number of rotatable bonds is 6. The van der Waals surface area contributed by atoms with E-state index >= 15 is 0 Å². The Labute approximate surface area is 129 Å². The molecule has 1 aromatic carbocycles. The lowest BCUT2D eigenvalue weighted by Crippen LogP contribution is -2.21. The summed E-state index contributed by atoms with van der Waals surface area (Å²) in [5.74, 6) is -0.291. The van der Waals surface area contributed by atoms with Crippen LogP contribution in [0.3, 0.4) is 0 Å². The Morgan fingerprint density at radius 3 is 2.55 bits per heavy atom. The van der Waals surface area contributed by atoms with Gasteiger partial charge in [0.2, 0.25) is 0 Å². The lowest BCUT2D eigenvalue weighted by atomic mass is 10.1. The van der Waals surface area contributed by atoms with E-state index in [0.29, 0.717) is 17.6 Å². The standard InChI is InChI=1S/C17H21NO4/c1-4-16(19)21-11-12-9-17(20)22-15-10-13(7-8-14(12)15)18(5-2)6-3/h7-10H,4-6,11H2,1-3H3. The Morgan fingerprint density at radius 2 is 1.91 bits per heavy atom. The smallest absolute Gasteiger partial charge is 0.336 e. The molecule has 5 nitrogen and oxygen atoms in total. The largest absolute Gasteiger partial charge is 0.461 e. The Kier molecular flexibility index (Phi) is 5.20. The lowest BCUT2D eigenvalue weighted by molar-refractivity contribution is -0.144. The van der Waals surface area contributed by atoms with Crippen LogP contribution in [0.5, 0.6) is 0 Å². The summed E-state index contributed by atoms with van der Waals surface area (Å²) in [4.78, 5) is 25.2. The van der Waals surface area contributed by atoms with Crippen molar-refractivity contribution in [1.29, 1.82) is 0 Å². The molecule has 1 heterocycles. The van der Waals surface area contributed by atoms with Crippen LogP contribution in [0.2, 0.25) is 0 Å². The number of carbonyl (C=O) groups excluding carboxylic acids is 1. The maximum Gasteiger partial charge on any atom is 0.336 e. The van der Waals surface area contributed by atoms with Crippen LogP contribution in [-0.2, 0) is 16.1 Å². The van der Waals surface area contributed by atoms with Crippen LogP contribution in [0.25, 0.3) is 11.0 Å². The van der Waals surface area contributed by atoms with Crippen molar-refractivity contribution in [2.75, 3.05) is 18.0 Å². The molecule has 2 rings (SSSR count). The Bertz CT molecular complexity index is 716. The highest BCUT2D eigenvalue weighted by Crippen LogP contribution is 2.24. The van der Waals surface area contributed by atoms with Crippen LogP contribution < -0.4 is 10.5 Å². The van der Waals surface area contributed by atoms with Crippen molar-refractivity contribution < 1.29 is 13.9 Å². The summed E-state index contributed by atoms with van der Waals surface area (Å²) >= 11 is 0. The third-order valence-electron chi connectivity index (χ3n) is 3.62. The third kappa shape index (κ3) is 3.47. The molecule has 0 aliphatic heterocycles. The molecule has 0 amide bonds. The quantitative estimate of drug-likeness (QED) is 0.606. The minimum absolute atomic E-state index is 0.0827. The van der Waals surface area contributed by atoms with Gasteiger partial charge in [-0.05, 0) is 26.0 Å². The molecule has 0 spiro atoms. The van der Waals surface area contributed by atoms with Crippen molar-refractivity contribution in [3.8, 4) is 0 Å². The number of esters is 1. The van der Waals surface area contributed by atoms with Gasteiger partial charge < -0.3 is 14.1 Å². The van der Waals surface area contributed by atoms with Crippen molar-refractivity contribution in [2.45, 2.75) is 33.8 Å². The van der Waals surface area contributed by atoms with Crippen LogP contribution in [0.4, 0.5) is 5.69 Å². The van der Waals surface area contributed by atoms with E-state index in [9.17, 15) is 9.59 Å². The summed E-state index contributed by atoms with van der Waals surface area (Å²) in [5.41, 5.74) is 1.74. The molecule has 0 aliphatic carbocycles. The first kappa shape index (κ1) is 16.1. The van der Waals surface area contributed by atoms with Crippen molar-refractivity contribution >= 4 is 22.6 Å². The Hall–Kier alpha value is -2.30. The predicted octanol–water partition coefficient (Wildman–Crippen LogP) is 3.09. The molecule has 0 saturated heterocycles. The fourth-order valence-electron chi connectivity index (χ4n) is 2.38. The maximum absolute atomic E-state index is 11.7. The molecule has 0 bridgehead atoms. The summed E-state index contributed by atoms with van der Waals surface area (Å²) in [6, 6.07) is 7.12. The average Bonchev–Trinajstić information content (AvgIpc) is 2.52. The van der Waals surface area contributed by atoms with Crippen LogP contribution in [0.1, 0.15) is 32.8 Å². The van der Waals surface area contributed by atoms with Gasteiger partial charge in [-0.1, -0.05) is 6.92 Å². The number of ether oxygens (including phenoxy) is 1. The van der Waals surface area contributed by atoms with E-state index in [-0.39, 0.29) is 12.6 Å². The zero-order valence-corrected chi connectivity index (χ0v) is 13.2. The third-order valence-corrected chi connectivity index (χ3v) is 3.62. The van der Waals surface area contributed by atoms with E-state index in [1.165, 1.54) is 6.07 Å². The van der Waals surface area contributed by atoms with E-state index in [2.05, 4.69) is 18.7 Å². The molecule has 0 saturated carbocycles. The summed E-state index contributed by atoms with van der Waals surface area (Å²) in [6.07, 6.45) is 0.311.